The van der Waals surface area contributed by atoms with Gasteiger partial charge >= 0.3 is 0 Å². The molecule has 1 N–H and O–H groups in total. The highest BCUT2D eigenvalue weighted by molar-refractivity contribution is 9.10. The molecule has 17 heavy (non-hydrogen) atoms. The van der Waals surface area contributed by atoms with Gasteiger partial charge in [0, 0.05) is 16.7 Å². The van der Waals surface area contributed by atoms with Gasteiger partial charge in [-0.2, -0.15) is 0 Å². The Hall–Kier alpha value is -0.700. The van der Waals surface area contributed by atoms with Crippen LogP contribution < -0.4 is 5.32 Å². The molecule has 0 unspecified atom stereocenters. The largest absolute Gasteiger partial charge is 0.381 e. The van der Waals surface area contributed by atoms with E-state index in [1.54, 1.807) is 6.07 Å². The summed E-state index contributed by atoms with van der Waals surface area (Å²) in [4.78, 5) is 0. The highest BCUT2D eigenvalue weighted by atomic mass is 79.9. The molecule has 0 spiro atoms. The summed E-state index contributed by atoms with van der Waals surface area (Å²) in [6, 6.07) is 13.6. The average molecular weight is 331 g/mol. The van der Waals surface area contributed by atoms with Crippen molar-refractivity contribution in [2.75, 3.05) is 5.32 Å². The molecule has 0 heterocycles. The van der Waals surface area contributed by atoms with Crippen LogP contribution in [-0.4, -0.2) is 0 Å². The van der Waals surface area contributed by atoms with Crippen molar-refractivity contribution in [1.29, 1.82) is 0 Å². The van der Waals surface area contributed by atoms with Crippen LogP contribution in [0.25, 0.3) is 0 Å². The lowest BCUT2D eigenvalue weighted by atomic mass is 10.2. The van der Waals surface area contributed by atoms with E-state index in [0.29, 0.717) is 16.6 Å². The Labute approximate surface area is 119 Å². The zero-order chi connectivity index (χ0) is 12.3. The van der Waals surface area contributed by atoms with Crippen LogP contribution >= 0.6 is 39.1 Å². The Morgan fingerprint density at radius 1 is 1.00 bits per heavy atom. The van der Waals surface area contributed by atoms with Crippen LogP contribution in [0, 0.1) is 0 Å². The van der Waals surface area contributed by atoms with Crippen molar-refractivity contribution in [2.24, 2.45) is 0 Å². The van der Waals surface area contributed by atoms with Gasteiger partial charge in [0.1, 0.15) is 0 Å². The Morgan fingerprint density at radius 3 is 2.41 bits per heavy atom. The van der Waals surface area contributed by atoms with Crippen LogP contribution in [0.15, 0.2) is 46.9 Å². The van der Waals surface area contributed by atoms with Gasteiger partial charge in [-0.1, -0.05) is 51.3 Å². The standard InChI is InChI=1S/C13H10BrCl2N/c14-10-4-6-11(7-5-10)17-8-9-2-1-3-12(15)13(9)16/h1-7,17H,8H2. The lowest BCUT2D eigenvalue weighted by molar-refractivity contribution is 1.15. The van der Waals surface area contributed by atoms with Gasteiger partial charge in [0.15, 0.2) is 0 Å². The van der Waals surface area contributed by atoms with E-state index in [4.69, 9.17) is 23.2 Å². The SMILES string of the molecule is Clc1cccc(CNc2ccc(Br)cc2)c1Cl. The molecule has 0 fully saturated rings. The summed E-state index contributed by atoms with van der Waals surface area (Å²) in [5, 5.41) is 4.49. The number of benzene rings is 2. The summed E-state index contributed by atoms with van der Waals surface area (Å²) in [5.74, 6) is 0. The van der Waals surface area contributed by atoms with Gasteiger partial charge in [0.2, 0.25) is 0 Å². The van der Waals surface area contributed by atoms with Crippen LogP contribution in [0.1, 0.15) is 5.56 Å². The highest BCUT2D eigenvalue weighted by Gasteiger charge is 2.03. The lowest BCUT2D eigenvalue weighted by Gasteiger charge is -2.09. The molecule has 2 rings (SSSR count). The third kappa shape index (κ3) is 3.38. The van der Waals surface area contributed by atoms with Gasteiger partial charge in [-0.05, 0) is 35.9 Å². The highest BCUT2D eigenvalue weighted by Crippen LogP contribution is 2.26. The summed E-state index contributed by atoms with van der Waals surface area (Å²) < 4.78 is 1.06. The maximum atomic E-state index is 6.11. The number of nitrogens with one attached hydrogen (secondary N) is 1. The molecule has 2 aromatic rings. The Morgan fingerprint density at radius 2 is 1.71 bits per heavy atom. The van der Waals surface area contributed by atoms with Crippen molar-refractivity contribution in [3.63, 3.8) is 0 Å². The zero-order valence-corrected chi connectivity index (χ0v) is 12.0. The van der Waals surface area contributed by atoms with Crippen LogP contribution in [0.4, 0.5) is 5.69 Å². The Kier molecular flexibility index (Phi) is 4.32. The second-order valence-electron chi connectivity index (χ2n) is 3.57. The van der Waals surface area contributed by atoms with E-state index in [2.05, 4.69) is 21.2 Å². The van der Waals surface area contributed by atoms with Crippen molar-refractivity contribution in [3.05, 3.63) is 62.5 Å². The maximum absolute atomic E-state index is 6.11. The average Bonchev–Trinajstić information content (AvgIpc) is 2.33. The van der Waals surface area contributed by atoms with Gasteiger partial charge in [-0.25, -0.2) is 0 Å². The molecule has 88 valence electrons. The Balaban J connectivity index is 2.07. The molecule has 0 aliphatic heterocycles. The fourth-order valence-corrected chi connectivity index (χ4v) is 2.10. The number of halogens is 3. The van der Waals surface area contributed by atoms with Crippen LogP contribution in [0.5, 0.6) is 0 Å². The smallest absolute Gasteiger partial charge is 0.0642 e. The predicted octanol–water partition coefficient (Wildman–Crippen LogP) is 5.37. The summed E-state index contributed by atoms with van der Waals surface area (Å²) in [5.41, 5.74) is 2.03. The van der Waals surface area contributed by atoms with Crippen molar-refractivity contribution >= 4 is 44.8 Å². The number of rotatable bonds is 3. The number of hydrogen-bond donors (Lipinski definition) is 1. The molecule has 4 heteroatoms. The minimum absolute atomic E-state index is 0.585. The molecule has 2 aromatic carbocycles. The fraction of sp³-hybridized carbons (Fsp3) is 0.0769. The van der Waals surface area contributed by atoms with Crippen LogP contribution in [-0.2, 0) is 6.54 Å². The van der Waals surface area contributed by atoms with Gasteiger partial charge in [0.25, 0.3) is 0 Å². The van der Waals surface area contributed by atoms with Crippen molar-refractivity contribution in [2.45, 2.75) is 6.54 Å². The zero-order valence-electron chi connectivity index (χ0n) is 8.88. The molecule has 0 radical (unpaired) electrons. The molecule has 0 bridgehead atoms. The third-order valence-corrected chi connectivity index (χ3v) is 3.75. The number of hydrogen-bond acceptors (Lipinski definition) is 1. The van der Waals surface area contributed by atoms with Gasteiger partial charge < -0.3 is 5.32 Å². The first-order valence-electron chi connectivity index (χ1n) is 5.09. The summed E-state index contributed by atoms with van der Waals surface area (Å²) in [7, 11) is 0. The van der Waals surface area contributed by atoms with Crippen molar-refractivity contribution in [3.8, 4) is 0 Å². The summed E-state index contributed by atoms with van der Waals surface area (Å²) in [6.07, 6.45) is 0. The van der Waals surface area contributed by atoms with Gasteiger partial charge in [-0.3, -0.25) is 0 Å². The summed E-state index contributed by atoms with van der Waals surface area (Å²) in [6.45, 7) is 0.654. The van der Waals surface area contributed by atoms with E-state index in [1.807, 2.05) is 36.4 Å². The van der Waals surface area contributed by atoms with E-state index >= 15 is 0 Å². The van der Waals surface area contributed by atoms with E-state index in [0.717, 1.165) is 15.7 Å². The molecule has 0 saturated carbocycles. The third-order valence-electron chi connectivity index (χ3n) is 2.36. The quantitative estimate of drug-likeness (QED) is 0.797. The Bertz CT molecular complexity index is 511. The maximum Gasteiger partial charge on any atom is 0.0642 e. The fourth-order valence-electron chi connectivity index (χ4n) is 1.45. The second-order valence-corrected chi connectivity index (χ2v) is 5.27. The van der Waals surface area contributed by atoms with Gasteiger partial charge in [0.05, 0.1) is 10.0 Å². The summed E-state index contributed by atoms with van der Waals surface area (Å²) >= 11 is 15.5. The van der Waals surface area contributed by atoms with Crippen molar-refractivity contribution in [1.82, 2.24) is 0 Å². The van der Waals surface area contributed by atoms with E-state index in [9.17, 15) is 0 Å². The lowest BCUT2D eigenvalue weighted by Crippen LogP contribution is -1.99. The first kappa shape index (κ1) is 12.7. The molecular formula is C13H10BrCl2N. The molecule has 0 atom stereocenters. The predicted molar refractivity (Wildman–Crippen MR) is 77.9 cm³/mol. The van der Waals surface area contributed by atoms with E-state index < -0.39 is 0 Å². The minimum Gasteiger partial charge on any atom is -0.381 e. The molecule has 0 aliphatic rings. The van der Waals surface area contributed by atoms with Crippen molar-refractivity contribution < 1.29 is 0 Å². The van der Waals surface area contributed by atoms with Crippen LogP contribution in [0.2, 0.25) is 10.0 Å². The van der Waals surface area contributed by atoms with Gasteiger partial charge in [-0.15, -0.1) is 0 Å². The van der Waals surface area contributed by atoms with Crippen LogP contribution in [0.3, 0.4) is 0 Å². The first-order chi connectivity index (χ1) is 8.16. The molecule has 0 saturated heterocycles. The molecule has 1 nitrogen and oxygen atoms in total. The van der Waals surface area contributed by atoms with E-state index in [1.165, 1.54) is 0 Å². The molecule has 0 amide bonds. The normalized spacial score (nSPS) is 10.3. The molecule has 0 aromatic heterocycles. The second kappa shape index (κ2) is 5.76. The number of anilines is 1. The molecular weight excluding hydrogens is 321 g/mol. The molecule has 0 aliphatic carbocycles. The monoisotopic (exact) mass is 329 g/mol. The van der Waals surface area contributed by atoms with E-state index in [-0.39, 0.29) is 0 Å². The first-order valence-corrected chi connectivity index (χ1v) is 6.64. The minimum atomic E-state index is 0.585. The topological polar surface area (TPSA) is 12.0 Å².